The molecule has 1 amide bonds. The molecular formula is C15H13NO5. The summed E-state index contributed by atoms with van der Waals surface area (Å²) in [5, 5.41) is 18.1. The van der Waals surface area contributed by atoms with E-state index in [0.29, 0.717) is 17.1 Å². The van der Waals surface area contributed by atoms with Crippen LogP contribution in [0.4, 0.5) is 0 Å². The van der Waals surface area contributed by atoms with Gasteiger partial charge in [-0.1, -0.05) is 0 Å². The molecule has 0 aromatic heterocycles. The van der Waals surface area contributed by atoms with Crippen LogP contribution in [0.25, 0.3) is 0 Å². The van der Waals surface area contributed by atoms with Gasteiger partial charge < -0.3 is 20.7 Å². The summed E-state index contributed by atoms with van der Waals surface area (Å²) < 4.78 is 5.53. The lowest BCUT2D eigenvalue weighted by molar-refractivity contribution is 0.0693. The molecule has 6 heteroatoms. The summed E-state index contributed by atoms with van der Waals surface area (Å²) >= 11 is 0. The highest BCUT2D eigenvalue weighted by Crippen LogP contribution is 2.24. The van der Waals surface area contributed by atoms with Crippen LogP contribution in [0.1, 0.15) is 26.3 Å². The molecule has 6 nitrogen and oxygen atoms in total. The number of hydrogen-bond acceptors (Lipinski definition) is 4. The first kappa shape index (κ1) is 14.5. The highest BCUT2D eigenvalue weighted by atomic mass is 16.5. The van der Waals surface area contributed by atoms with E-state index in [9.17, 15) is 14.7 Å². The van der Waals surface area contributed by atoms with Crippen LogP contribution in [0, 0.1) is 0 Å². The molecule has 0 spiro atoms. The lowest BCUT2D eigenvalue weighted by Gasteiger charge is -2.09. The normalized spacial score (nSPS) is 10.1. The number of aliphatic hydroxyl groups excluding tert-OH is 1. The number of carbonyl (C=O) groups is 2. The highest BCUT2D eigenvalue weighted by Gasteiger charge is 2.11. The summed E-state index contributed by atoms with van der Waals surface area (Å²) in [5.41, 5.74) is 5.78. The van der Waals surface area contributed by atoms with Gasteiger partial charge in [-0.2, -0.15) is 0 Å². The van der Waals surface area contributed by atoms with Gasteiger partial charge in [-0.25, -0.2) is 4.79 Å². The number of carboxylic acids is 1. The van der Waals surface area contributed by atoms with Gasteiger partial charge in [0, 0.05) is 5.56 Å². The minimum absolute atomic E-state index is 0.0222. The highest BCUT2D eigenvalue weighted by molar-refractivity contribution is 5.92. The SMILES string of the molecule is NC(=O)c1ccc(Oc2ccc(C(=O)O)c(CO)c2)cc1. The molecule has 0 aliphatic heterocycles. The van der Waals surface area contributed by atoms with Crippen LogP contribution in [-0.4, -0.2) is 22.1 Å². The fourth-order valence-electron chi connectivity index (χ4n) is 1.80. The van der Waals surface area contributed by atoms with Crippen LogP contribution in [-0.2, 0) is 6.61 Å². The lowest BCUT2D eigenvalue weighted by atomic mass is 10.1. The Morgan fingerprint density at radius 1 is 1.05 bits per heavy atom. The fourth-order valence-corrected chi connectivity index (χ4v) is 1.80. The van der Waals surface area contributed by atoms with Crippen molar-refractivity contribution in [2.75, 3.05) is 0 Å². The number of benzene rings is 2. The Morgan fingerprint density at radius 3 is 2.19 bits per heavy atom. The largest absolute Gasteiger partial charge is 0.478 e. The molecule has 2 aromatic rings. The van der Waals surface area contributed by atoms with E-state index in [0.717, 1.165) is 0 Å². The molecular weight excluding hydrogens is 274 g/mol. The number of aliphatic hydroxyl groups is 1. The monoisotopic (exact) mass is 287 g/mol. The van der Waals surface area contributed by atoms with E-state index in [1.165, 1.54) is 30.3 Å². The Bertz CT molecular complexity index is 679. The van der Waals surface area contributed by atoms with Gasteiger partial charge in [-0.05, 0) is 48.0 Å². The molecule has 0 radical (unpaired) electrons. The summed E-state index contributed by atoms with van der Waals surface area (Å²) in [6, 6.07) is 10.5. The molecule has 4 N–H and O–H groups in total. The van der Waals surface area contributed by atoms with Crippen molar-refractivity contribution in [2.24, 2.45) is 5.73 Å². The predicted octanol–water partition coefficient (Wildman–Crippen LogP) is 1.77. The quantitative estimate of drug-likeness (QED) is 0.776. The third kappa shape index (κ3) is 3.37. The number of rotatable bonds is 5. The second-order valence-electron chi connectivity index (χ2n) is 4.27. The number of hydrogen-bond donors (Lipinski definition) is 3. The zero-order chi connectivity index (χ0) is 15.4. The van der Waals surface area contributed by atoms with Crippen molar-refractivity contribution in [3.8, 4) is 11.5 Å². The molecule has 0 unspecified atom stereocenters. The number of ether oxygens (including phenoxy) is 1. The average molecular weight is 287 g/mol. The smallest absolute Gasteiger partial charge is 0.336 e. The molecule has 0 aliphatic carbocycles. The molecule has 0 saturated carbocycles. The Hall–Kier alpha value is -2.86. The van der Waals surface area contributed by atoms with Gasteiger partial charge in [-0.15, -0.1) is 0 Å². The molecule has 0 bridgehead atoms. The van der Waals surface area contributed by atoms with Crippen LogP contribution in [0.5, 0.6) is 11.5 Å². The van der Waals surface area contributed by atoms with Crippen molar-refractivity contribution in [1.82, 2.24) is 0 Å². The first-order valence-corrected chi connectivity index (χ1v) is 6.06. The summed E-state index contributed by atoms with van der Waals surface area (Å²) in [6.07, 6.45) is 0. The Balaban J connectivity index is 2.23. The van der Waals surface area contributed by atoms with E-state index in [1.807, 2.05) is 0 Å². The number of carboxylic acid groups (broad SMARTS) is 1. The molecule has 2 aromatic carbocycles. The zero-order valence-electron chi connectivity index (χ0n) is 10.9. The second kappa shape index (κ2) is 6.06. The van der Waals surface area contributed by atoms with Crippen LogP contribution >= 0.6 is 0 Å². The maximum absolute atomic E-state index is 11.0. The predicted molar refractivity (Wildman–Crippen MR) is 74.4 cm³/mol. The molecule has 0 heterocycles. The third-order valence-corrected chi connectivity index (χ3v) is 2.85. The maximum Gasteiger partial charge on any atom is 0.336 e. The first-order valence-electron chi connectivity index (χ1n) is 6.06. The van der Waals surface area contributed by atoms with Gasteiger partial charge in [0.1, 0.15) is 11.5 Å². The van der Waals surface area contributed by atoms with Gasteiger partial charge in [0.05, 0.1) is 12.2 Å². The van der Waals surface area contributed by atoms with Crippen LogP contribution in [0.3, 0.4) is 0 Å². The van der Waals surface area contributed by atoms with Crippen molar-refractivity contribution in [3.05, 3.63) is 59.2 Å². The van der Waals surface area contributed by atoms with E-state index in [1.54, 1.807) is 12.1 Å². The number of primary amides is 1. The van der Waals surface area contributed by atoms with Crippen molar-refractivity contribution >= 4 is 11.9 Å². The summed E-state index contributed by atoms with van der Waals surface area (Å²) in [6.45, 7) is -0.403. The van der Waals surface area contributed by atoms with Gasteiger partial charge in [-0.3, -0.25) is 4.79 Å². The Labute approximate surface area is 120 Å². The van der Waals surface area contributed by atoms with Gasteiger partial charge in [0.15, 0.2) is 0 Å². The molecule has 0 saturated heterocycles. The van der Waals surface area contributed by atoms with E-state index in [4.69, 9.17) is 15.6 Å². The van der Waals surface area contributed by atoms with E-state index >= 15 is 0 Å². The maximum atomic E-state index is 11.0. The fraction of sp³-hybridized carbons (Fsp3) is 0.0667. The third-order valence-electron chi connectivity index (χ3n) is 2.85. The van der Waals surface area contributed by atoms with Crippen molar-refractivity contribution in [3.63, 3.8) is 0 Å². The zero-order valence-corrected chi connectivity index (χ0v) is 10.9. The topological polar surface area (TPSA) is 110 Å². The summed E-state index contributed by atoms with van der Waals surface area (Å²) in [4.78, 5) is 21.9. The van der Waals surface area contributed by atoms with Gasteiger partial charge in [0.25, 0.3) is 0 Å². The molecule has 2 rings (SSSR count). The lowest BCUT2D eigenvalue weighted by Crippen LogP contribution is -2.10. The molecule has 0 aliphatic rings. The van der Waals surface area contributed by atoms with Gasteiger partial charge >= 0.3 is 5.97 Å². The number of nitrogens with two attached hydrogens (primary N) is 1. The van der Waals surface area contributed by atoms with Crippen LogP contribution in [0.2, 0.25) is 0 Å². The molecule has 0 atom stereocenters. The minimum Gasteiger partial charge on any atom is -0.478 e. The first-order chi connectivity index (χ1) is 10.0. The summed E-state index contributed by atoms with van der Waals surface area (Å²) in [5.74, 6) is -0.797. The molecule has 108 valence electrons. The van der Waals surface area contributed by atoms with Crippen molar-refractivity contribution in [2.45, 2.75) is 6.61 Å². The minimum atomic E-state index is -1.11. The number of aromatic carboxylic acids is 1. The van der Waals surface area contributed by atoms with Crippen LogP contribution < -0.4 is 10.5 Å². The standard InChI is InChI=1S/C15H13NO5/c16-14(18)9-1-3-11(4-2-9)21-12-5-6-13(15(19)20)10(7-12)8-17/h1-7,17H,8H2,(H2,16,18)(H,19,20). The second-order valence-corrected chi connectivity index (χ2v) is 4.27. The van der Waals surface area contributed by atoms with E-state index in [2.05, 4.69) is 0 Å². The molecule has 21 heavy (non-hydrogen) atoms. The summed E-state index contributed by atoms with van der Waals surface area (Å²) in [7, 11) is 0. The Kier molecular flexibility index (Phi) is 4.20. The van der Waals surface area contributed by atoms with Crippen molar-refractivity contribution in [1.29, 1.82) is 0 Å². The van der Waals surface area contributed by atoms with E-state index < -0.39 is 18.5 Å². The van der Waals surface area contributed by atoms with Crippen molar-refractivity contribution < 1.29 is 24.5 Å². The molecule has 0 fully saturated rings. The average Bonchev–Trinajstić information content (AvgIpc) is 2.47. The number of amides is 1. The van der Waals surface area contributed by atoms with E-state index in [-0.39, 0.29) is 11.1 Å². The Morgan fingerprint density at radius 2 is 1.67 bits per heavy atom. The van der Waals surface area contributed by atoms with Crippen LogP contribution in [0.15, 0.2) is 42.5 Å². The number of carbonyl (C=O) groups excluding carboxylic acids is 1. The van der Waals surface area contributed by atoms with Gasteiger partial charge in [0.2, 0.25) is 5.91 Å².